The van der Waals surface area contributed by atoms with Crippen LogP contribution in [0.4, 0.5) is 27.5 Å². The molecule has 1 heterocycles. The topological polar surface area (TPSA) is 140 Å². The summed E-state index contributed by atoms with van der Waals surface area (Å²) in [4.78, 5) is 20.9. The van der Waals surface area contributed by atoms with E-state index in [1.165, 1.54) is 23.1 Å². The molecule has 32 heavy (non-hydrogen) atoms. The van der Waals surface area contributed by atoms with Crippen molar-refractivity contribution >= 4 is 39.1 Å². The van der Waals surface area contributed by atoms with Crippen LogP contribution in [0.5, 0.6) is 5.75 Å². The molecular weight excluding hydrogens is 439 g/mol. The zero-order valence-corrected chi connectivity index (χ0v) is 18.1. The van der Waals surface area contributed by atoms with E-state index in [4.69, 9.17) is 9.88 Å². The number of benzene rings is 2. The van der Waals surface area contributed by atoms with Gasteiger partial charge in [-0.1, -0.05) is 6.07 Å². The summed E-state index contributed by atoms with van der Waals surface area (Å²) in [5, 5.41) is 10.8. The lowest BCUT2D eigenvalue weighted by atomic mass is 10.3. The Labute approximate surface area is 184 Å². The van der Waals surface area contributed by atoms with Crippen LogP contribution in [-0.2, 0) is 14.8 Å². The first-order valence-electron chi connectivity index (χ1n) is 9.24. The van der Waals surface area contributed by atoms with E-state index in [-0.39, 0.29) is 29.2 Å². The monoisotopic (exact) mass is 460 g/mol. The normalized spacial score (nSPS) is 11.0. The number of hydrogen-bond acceptors (Lipinski definition) is 8. The molecular formula is C20H21FN6O4S. The van der Waals surface area contributed by atoms with Gasteiger partial charge in [-0.15, -0.1) is 0 Å². The Morgan fingerprint density at radius 1 is 1.12 bits per heavy atom. The van der Waals surface area contributed by atoms with Crippen molar-refractivity contribution in [1.29, 1.82) is 0 Å². The molecule has 10 nitrogen and oxygen atoms in total. The number of primary sulfonamides is 1. The Kier molecular flexibility index (Phi) is 6.85. The summed E-state index contributed by atoms with van der Waals surface area (Å²) in [6.45, 7) is -0.0952. The number of sulfonamides is 1. The number of anilines is 4. The Morgan fingerprint density at radius 3 is 2.50 bits per heavy atom. The number of nitrogens with one attached hydrogen (secondary N) is 2. The van der Waals surface area contributed by atoms with Crippen LogP contribution in [0.3, 0.4) is 0 Å². The highest BCUT2D eigenvalue weighted by molar-refractivity contribution is 7.89. The van der Waals surface area contributed by atoms with E-state index < -0.39 is 15.8 Å². The summed E-state index contributed by atoms with van der Waals surface area (Å²) in [6.07, 6.45) is 0.978. The van der Waals surface area contributed by atoms with Crippen molar-refractivity contribution in [3.63, 3.8) is 0 Å². The van der Waals surface area contributed by atoms with Gasteiger partial charge in [0, 0.05) is 25.5 Å². The number of carbonyl (C=O) groups is 1. The van der Waals surface area contributed by atoms with Crippen LogP contribution >= 0.6 is 0 Å². The average Bonchev–Trinajstić information content (AvgIpc) is 2.75. The van der Waals surface area contributed by atoms with Gasteiger partial charge < -0.3 is 20.3 Å². The second kappa shape index (κ2) is 9.58. The molecule has 2 aromatic carbocycles. The number of likely N-dealkylation sites (N-methyl/N-ethyl adjacent to an activating group) is 1. The van der Waals surface area contributed by atoms with E-state index in [1.807, 2.05) is 0 Å². The van der Waals surface area contributed by atoms with Gasteiger partial charge in [0.25, 0.3) is 5.91 Å². The molecule has 0 atom stereocenters. The van der Waals surface area contributed by atoms with Gasteiger partial charge in [0.2, 0.25) is 16.0 Å². The molecule has 4 N–H and O–H groups in total. The van der Waals surface area contributed by atoms with E-state index >= 15 is 0 Å². The molecule has 0 saturated carbocycles. The summed E-state index contributed by atoms with van der Waals surface area (Å²) < 4.78 is 42.6. The van der Waals surface area contributed by atoms with Gasteiger partial charge >= 0.3 is 0 Å². The Morgan fingerprint density at radius 2 is 1.84 bits per heavy atom. The molecule has 3 rings (SSSR count). The molecule has 0 bridgehead atoms. The van der Waals surface area contributed by atoms with Crippen molar-refractivity contribution in [2.45, 2.75) is 4.90 Å². The highest BCUT2D eigenvalue weighted by atomic mass is 32.2. The quantitative estimate of drug-likeness (QED) is 0.465. The smallest absolute Gasteiger partial charge is 0.259 e. The van der Waals surface area contributed by atoms with Crippen molar-refractivity contribution < 1.29 is 22.3 Å². The number of ether oxygens (including phenoxy) is 1. The fourth-order valence-corrected chi connectivity index (χ4v) is 3.00. The van der Waals surface area contributed by atoms with Crippen LogP contribution in [0.25, 0.3) is 0 Å². The lowest BCUT2D eigenvalue weighted by Crippen LogP contribution is -2.27. The molecule has 0 unspecified atom stereocenters. The van der Waals surface area contributed by atoms with E-state index in [0.29, 0.717) is 17.1 Å². The standard InChI is InChI=1S/C20H21FN6O4S/c1-27(2)18(28)12-31-15-8-6-13(7-9-15)24-19-17(21)11-23-20(26-19)25-14-4-3-5-16(10-14)32(22,29)30/h3-11H,12H2,1-2H3,(H2,22,29,30)(H2,23,24,25,26). The maximum absolute atomic E-state index is 14.2. The molecule has 0 aliphatic carbocycles. The fourth-order valence-electron chi connectivity index (χ4n) is 2.44. The Hall–Kier alpha value is -3.77. The predicted octanol–water partition coefficient (Wildman–Crippen LogP) is 2.22. The van der Waals surface area contributed by atoms with Crippen molar-refractivity contribution in [3.8, 4) is 5.75 Å². The minimum absolute atomic E-state index is 0.0441. The zero-order valence-electron chi connectivity index (χ0n) is 17.2. The fraction of sp³-hybridized carbons (Fsp3) is 0.150. The molecule has 0 radical (unpaired) electrons. The SMILES string of the molecule is CN(C)C(=O)COc1ccc(Nc2nc(Nc3cccc(S(N)(=O)=O)c3)ncc2F)cc1. The van der Waals surface area contributed by atoms with E-state index in [1.54, 1.807) is 44.4 Å². The van der Waals surface area contributed by atoms with Gasteiger partial charge in [-0.05, 0) is 42.5 Å². The largest absolute Gasteiger partial charge is 0.484 e. The van der Waals surface area contributed by atoms with Crippen molar-refractivity contribution in [2.75, 3.05) is 31.3 Å². The van der Waals surface area contributed by atoms with Crippen molar-refractivity contribution in [1.82, 2.24) is 14.9 Å². The number of halogens is 1. The molecule has 0 fully saturated rings. The zero-order chi connectivity index (χ0) is 23.3. The van der Waals surface area contributed by atoms with Crippen LogP contribution in [0, 0.1) is 5.82 Å². The van der Waals surface area contributed by atoms with Crippen LogP contribution in [0.1, 0.15) is 0 Å². The second-order valence-electron chi connectivity index (χ2n) is 6.81. The first kappa shape index (κ1) is 22.9. The van der Waals surface area contributed by atoms with Crippen molar-refractivity contribution in [3.05, 3.63) is 60.5 Å². The Bertz CT molecular complexity index is 1220. The highest BCUT2D eigenvalue weighted by Gasteiger charge is 2.11. The van der Waals surface area contributed by atoms with Crippen LogP contribution < -0.4 is 20.5 Å². The van der Waals surface area contributed by atoms with Gasteiger partial charge in [-0.2, -0.15) is 4.98 Å². The molecule has 1 amide bonds. The molecule has 0 saturated heterocycles. The predicted molar refractivity (Wildman–Crippen MR) is 117 cm³/mol. The molecule has 0 aliphatic rings. The second-order valence-corrected chi connectivity index (χ2v) is 8.38. The van der Waals surface area contributed by atoms with Crippen LogP contribution in [-0.4, -0.2) is 49.9 Å². The molecule has 168 valence electrons. The first-order chi connectivity index (χ1) is 15.1. The van der Waals surface area contributed by atoms with E-state index in [9.17, 15) is 17.6 Å². The van der Waals surface area contributed by atoms with Gasteiger partial charge in [-0.3, -0.25) is 4.79 Å². The summed E-state index contributed by atoms with van der Waals surface area (Å²) in [5.41, 5.74) is 0.888. The maximum Gasteiger partial charge on any atom is 0.259 e. The van der Waals surface area contributed by atoms with Crippen LogP contribution in [0.15, 0.2) is 59.6 Å². The minimum Gasteiger partial charge on any atom is -0.484 e. The number of nitrogens with zero attached hydrogens (tertiary/aromatic N) is 3. The van der Waals surface area contributed by atoms with Gasteiger partial charge in [0.1, 0.15) is 5.75 Å². The third-order valence-electron chi connectivity index (χ3n) is 4.14. The number of rotatable bonds is 8. The summed E-state index contributed by atoms with van der Waals surface area (Å²) in [5.74, 6) is -0.439. The lowest BCUT2D eigenvalue weighted by molar-refractivity contribution is -0.130. The Balaban J connectivity index is 1.70. The average molecular weight is 460 g/mol. The first-order valence-corrected chi connectivity index (χ1v) is 10.8. The number of hydrogen-bond donors (Lipinski definition) is 3. The van der Waals surface area contributed by atoms with Crippen LogP contribution in [0.2, 0.25) is 0 Å². The molecule has 12 heteroatoms. The van der Waals surface area contributed by atoms with Gasteiger partial charge in [0.15, 0.2) is 18.2 Å². The number of nitrogens with two attached hydrogens (primary N) is 1. The van der Waals surface area contributed by atoms with E-state index in [2.05, 4.69) is 20.6 Å². The van der Waals surface area contributed by atoms with E-state index in [0.717, 1.165) is 6.20 Å². The van der Waals surface area contributed by atoms with Gasteiger partial charge in [-0.25, -0.2) is 22.9 Å². The molecule has 1 aromatic heterocycles. The summed E-state index contributed by atoms with van der Waals surface area (Å²) in [6, 6.07) is 12.3. The minimum atomic E-state index is -3.87. The molecule has 3 aromatic rings. The molecule has 0 spiro atoms. The molecule has 0 aliphatic heterocycles. The third kappa shape index (κ3) is 6.12. The van der Waals surface area contributed by atoms with Gasteiger partial charge in [0.05, 0.1) is 11.1 Å². The number of amides is 1. The maximum atomic E-state index is 14.2. The summed E-state index contributed by atoms with van der Waals surface area (Å²) >= 11 is 0. The highest BCUT2D eigenvalue weighted by Crippen LogP contribution is 2.23. The lowest BCUT2D eigenvalue weighted by Gasteiger charge is -2.12. The number of carbonyl (C=O) groups excluding carboxylic acids is 1. The number of aromatic nitrogens is 2. The third-order valence-corrected chi connectivity index (χ3v) is 5.05. The summed E-state index contributed by atoms with van der Waals surface area (Å²) in [7, 11) is -0.607. The van der Waals surface area contributed by atoms with Crippen molar-refractivity contribution in [2.24, 2.45) is 5.14 Å².